The Morgan fingerprint density at radius 1 is 1.00 bits per heavy atom. The maximum absolute atomic E-state index is 12.6. The molecule has 0 radical (unpaired) electrons. The van der Waals surface area contributed by atoms with Crippen molar-refractivity contribution in [1.82, 2.24) is 14.9 Å². The van der Waals surface area contributed by atoms with Gasteiger partial charge in [0.25, 0.3) is 0 Å². The molecule has 5 nitrogen and oxygen atoms in total. The predicted molar refractivity (Wildman–Crippen MR) is 121 cm³/mol. The highest BCUT2D eigenvalue weighted by atomic mass is 16.1. The van der Waals surface area contributed by atoms with Crippen molar-refractivity contribution in [1.29, 1.82) is 0 Å². The summed E-state index contributed by atoms with van der Waals surface area (Å²) in [6, 6.07) is 15.2. The Bertz CT molecular complexity index is 998. The summed E-state index contributed by atoms with van der Waals surface area (Å²) in [4.78, 5) is 19.7. The lowest BCUT2D eigenvalue weighted by molar-refractivity contribution is -0.126. The molecular formula is C25H30N4O. The standard InChI is InChI=1S/C25H30N4O/c30-25(27-21-8-4-5-9-21)20-11-15-28(16-12-20)24-22-13-17-29(23(22)10-14-26-24)18-19-6-2-1-3-7-19/h1-3,6-7,10,13-14,17,20-21H,4-5,8-9,11-12,15-16,18H2,(H,27,30). The highest BCUT2D eigenvalue weighted by molar-refractivity contribution is 5.91. The molecule has 1 saturated heterocycles. The molecule has 0 atom stereocenters. The van der Waals surface area contributed by atoms with Gasteiger partial charge in [0.05, 0.1) is 5.52 Å². The number of aromatic nitrogens is 2. The second-order valence-corrected chi connectivity index (χ2v) is 8.75. The molecule has 5 heteroatoms. The van der Waals surface area contributed by atoms with Gasteiger partial charge in [-0.2, -0.15) is 0 Å². The number of carbonyl (C=O) groups excluding carboxylic acids is 1. The third-order valence-electron chi connectivity index (χ3n) is 6.74. The average molecular weight is 403 g/mol. The summed E-state index contributed by atoms with van der Waals surface area (Å²) >= 11 is 0. The molecule has 1 N–H and O–H groups in total. The summed E-state index contributed by atoms with van der Waals surface area (Å²) in [7, 11) is 0. The lowest BCUT2D eigenvalue weighted by atomic mass is 9.95. The molecule has 0 bridgehead atoms. The van der Waals surface area contributed by atoms with Gasteiger partial charge in [-0.15, -0.1) is 0 Å². The molecule has 1 aliphatic carbocycles. The molecule has 30 heavy (non-hydrogen) atoms. The fraction of sp³-hybridized carbons (Fsp3) is 0.440. The molecule has 156 valence electrons. The lowest BCUT2D eigenvalue weighted by Crippen LogP contribution is -2.43. The van der Waals surface area contributed by atoms with Crippen LogP contribution >= 0.6 is 0 Å². The minimum atomic E-state index is 0.142. The van der Waals surface area contributed by atoms with E-state index in [1.54, 1.807) is 0 Å². The Morgan fingerprint density at radius 3 is 2.53 bits per heavy atom. The summed E-state index contributed by atoms with van der Waals surface area (Å²) in [6.45, 7) is 2.63. The third-order valence-corrected chi connectivity index (χ3v) is 6.74. The van der Waals surface area contributed by atoms with Crippen molar-refractivity contribution in [3.8, 4) is 0 Å². The smallest absolute Gasteiger partial charge is 0.223 e. The molecule has 2 aliphatic rings. The molecule has 3 heterocycles. The molecular weight excluding hydrogens is 372 g/mol. The van der Waals surface area contributed by atoms with Crippen molar-refractivity contribution >= 4 is 22.6 Å². The molecule has 1 saturated carbocycles. The summed E-state index contributed by atoms with van der Waals surface area (Å²) in [5.74, 6) is 1.46. The highest BCUT2D eigenvalue weighted by Crippen LogP contribution is 2.30. The van der Waals surface area contributed by atoms with Gasteiger partial charge in [0.1, 0.15) is 5.82 Å². The predicted octanol–water partition coefficient (Wildman–Crippen LogP) is 4.36. The average Bonchev–Trinajstić information content (AvgIpc) is 3.45. The quantitative estimate of drug-likeness (QED) is 0.690. The number of nitrogens with one attached hydrogen (secondary N) is 1. The van der Waals surface area contributed by atoms with Crippen LogP contribution in [0.15, 0.2) is 54.9 Å². The van der Waals surface area contributed by atoms with Crippen LogP contribution in [0.25, 0.3) is 10.9 Å². The molecule has 2 aromatic heterocycles. The Morgan fingerprint density at radius 2 is 1.77 bits per heavy atom. The van der Waals surface area contributed by atoms with Crippen LogP contribution in [0, 0.1) is 5.92 Å². The minimum absolute atomic E-state index is 0.142. The van der Waals surface area contributed by atoms with Crippen molar-refractivity contribution in [3.05, 3.63) is 60.4 Å². The van der Waals surface area contributed by atoms with E-state index in [9.17, 15) is 4.79 Å². The van der Waals surface area contributed by atoms with Crippen LogP contribution in [0.1, 0.15) is 44.1 Å². The molecule has 0 unspecified atom stereocenters. The molecule has 1 aromatic carbocycles. The highest BCUT2D eigenvalue weighted by Gasteiger charge is 2.28. The molecule has 0 spiro atoms. The van der Waals surface area contributed by atoms with Crippen LogP contribution in [-0.4, -0.2) is 34.6 Å². The number of nitrogens with zero attached hydrogens (tertiary/aromatic N) is 3. The fourth-order valence-corrected chi connectivity index (χ4v) is 5.02. The van der Waals surface area contributed by atoms with E-state index < -0.39 is 0 Å². The number of pyridine rings is 1. The normalized spacial score (nSPS) is 18.2. The lowest BCUT2D eigenvalue weighted by Gasteiger charge is -2.33. The van der Waals surface area contributed by atoms with Crippen LogP contribution in [0.4, 0.5) is 5.82 Å². The number of amides is 1. The van der Waals surface area contributed by atoms with Crippen molar-refractivity contribution in [3.63, 3.8) is 0 Å². The van der Waals surface area contributed by atoms with E-state index in [1.165, 1.54) is 29.3 Å². The van der Waals surface area contributed by atoms with Gasteiger partial charge in [-0.3, -0.25) is 4.79 Å². The number of hydrogen-bond acceptors (Lipinski definition) is 3. The first-order valence-electron chi connectivity index (χ1n) is 11.3. The van der Waals surface area contributed by atoms with Gasteiger partial charge in [0.15, 0.2) is 0 Å². The number of fused-ring (bicyclic) bond motifs is 1. The monoisotopic (exact) mass is 402 g/mol. The second kappa shape index (κ2) is 8.50. The fourth-order valence-electron chi connectivity index (χ4n) is 5.02. The van der Waals surface area contributed by atoms with E-state index in [0.29, 0.717) is 6.04 Å². The van der Waals surface area contributed by atoms with Crippen LogP contribution in [0.5, 0.6) is 0 Å². The number of rotatable bonds is 5. The maximum Gasteiger partial charge on any atom is 0.223 e. The van der Waals surface area contributed by atoms with Crippen LogP contribution in [0.2, 0.25) is 0 Å². The summed E-state index contributed by atoms with van der Waals surface area (Å²) in [5, 5.41) is 4.48. The molecule has 1 aliphatic heterocycles. The zero-order chi connectivity index (χ0) is 20.3. The van der Waals surface area contributed by atoms with Gasteiger partial charge in [-0.05, 0) is 43.4 Å². The molecule has 1 amide bonds. The summed E-state index contributed by atoms with van der Waals surface area (Å²) in [6.07, 6.45) is 10.7. The maximum atomic E-state index is 12.6. The Labute approximate surface area is 178 Å². The van der Waals surface area contributed by atoms with E-state index in [0.717, 1.165) is 51.1 Å². The van der Waals surface area contributed by atoms with Crippen molar-refractivity contribution in [2.75, 3.05) is 18.0 Å². The van der Waals surface area contributed by atoms with Crippen molar-refractivity contribution < 1.29 is 4.79 Å². The molecule has 3 aromatic rings. The summed E-state index contributed by atoms with van der Waals surface area (Å²) < 4.78 is 2.29. The Kier molecular flexibility index (Phi) is 5.43. The van der Waals surface area contributed by atoms with Crippen LogP contribution in [-0.2, 0) is 11.3 Å². The molecule has 5 rings (SSSR count). The first kappa shape index (κ1) is 19.2. The first-order valence-corrected chi connectivity index (χ1v) is 11.3. The van der Waals surface area contributed by atoms with E-state index in [2.05, 4.69) is 63.4 Å². The Hall–Kier alpha value is -2.82. The number of piperidine rings is 1. The Balaban J connectivity index is 1.27. The van der Waals surface area contributed by atoms with Gasteiger partial charge in [-0.1, -0.05) is 43.2 Å². The van der Waals surface area contributed by atoms with Crippen LogP contribution in [0.3, 0.4) is 0 Å². The summed E-state index contributed by atoms with van der Waals surface area (Å²) in [5.41, 5.74) is 2.51. The van der Waals surface area contributed by atoms with E-state index in [1.807, 2.05) is 6.20 Å². The SMILES string of the molecule is O=C(NC1CCCC1)C1CCN(c2nccc3c2ccn3Cc2ccccc2)CC1. The minimum Gasteiger partial charge on any atom is -0.356 e. The third kappa shape index (κ3) is 3.93. The van der Waals surface area contributed by atoms with E-state index >= 15 is 0 Å². The second-order valence-electron chi connectivity index (χ2n) is 8.75. The topological polar surface area (TPSA) is 50.2 Å². The van der Waals surface area contributed by atoms with Gasteiger partial charge in [0, 0.05) is 49.4 Å². The van der Waals surface area contributed by atoms with Gasteiger partial charge in [-0.25, -0.2) is 4.98 Å². The van der Waals surface area contributed by atoms with Crippen LogP contribution < -0.4 is 10.2 Å². The number of carbonyl (C=O) groups is 1. The van der Waals surface area contributed by atoms with E-state index in [4.69, 9.17) is 4.98 Å². The largest absolute Gasteiger partial charge is 0.356 e. The molecule has 2 fully saturated rings. The number of benzene rings is 1. The number of hydrogen-bond donors (Lipinski definition) is 1. The zero-order valence-electron chi connectivity index (χ0n) is 17.5. The first-order chi connectivity index (χ1) is 14.8. The van der Waals surface area contributed by atoms with Crippen molar-refractivity contribution in [2.45, 2.75) is 51.1 Å². The van der Waals surface area contributed by atoms with Gasteiger partial charge >= 0.3 is 0 Å². The van der Waals surface area contributed by atoms with Crippen molar-refractivity contribution in [2.24, 2.45) is 5.92 Å². The van der Waals surface area contributed by atoms with E-state index in [-0.39, 0.29) is 11.8 Å². The van der Waals surface area contributed by atoms with Gasteiger partial charge < -0.3 is 14.8 Å². The number of anilines is 1. The zero-order valence-corrected chi connectivity index (χ0v) is 17.5. The van der Waals surface area contributed by atoms with Gasteiger partial charge in [0.2, 0.25) is 5.91 Å².